The fourth-order valence-electron chi connectivity index (χ4n) is 2.54. The van der Waals surface area contributed by atoms with E-state index in [1.165, 1.54) is 6.42 Å². The zero-order chi connectivity index (χ0) is 11.6. The van der Waals surface area contributed by atoms with Crippen molar-refractivity contribution < 1.29 is 5.11 Å². The summed E-state index contributed by atoms with van der Waals surface area (Å²) >= 11 is 0. The van der Waals surface area contributed by atoms with Crippen LogP contribution in [0, 0.1) is 11.8 Å². The van der Waals surface area contributed by atoms with Crippen molar-refractivity contribution in [1.29, 1.82) is 0 Å². The summed E-state index contributed by atoms with van der Waals surface area (Å²) in [5.74, 6) is 1.44. The molecule has 1 heterocycles. The van der Waals surface area contributed by atoms with Crippen LogP contribution in [0.25, 0.3) is 0 Å². The molecule has 0 aromatic heterocycles. The van der Waals surface area contributed by atoms with Gasteiger partial charge in [-0.2, -0.15) is 0 Å². The predicted molar refractivity (Wildman–Crippen MR) is 63.7 cm³/mol. The third kappa shape index (κ3) is 3.44. The molecule has 3 heteroatoms. The Hall–Kier alpha value is -0.120. The Morgan fingerprint density at radius 3 is 2.53 bits per heavy atom. The van der Waals surface area contributed by atoms with Gasteiger partial charge in [0.15, 0.2) is 0 Å². The lowest BCUT2D eigenvalue weighted by Crippen LogP contribution is -2.53. The van der Waals surface area contributed by atoms with Crippen LogP contribution in [0.3, 0.4) is 0 Å². The Morgan fingerprint density at radius 1 is 1.40 bits per heavy atom. The maximum atomic E-state index is 10.00. The number of nitrogens with zero attached hydrogens (tertiary/aromatic N) is 1. The molecule has 3 nitrogen and oxygen atoms in total. The molecule has 0 bridgehead atoms. The third-order valence-electron chi connectivity index (χ3n) is 3.70. The van der Waals surface area contributed by atoms with Crippen LogP contribution < -0.4 is 5.73 Å². The minimum absolute atomic E-state index is 0.332. The quantitative estimate of drug-likeness (QED) is 0.738. The molecule has 0 aliphatic carbocycles. The highest BCUT2D eigenvalue weighted by Gasteiger charge is 2.32. The van der Waals surface area contributed by atoms with Crippen molar-refractivity contribution in [1.82, 2.24) is 4.90 Å². The van der Waals surface area contributed by atoms with E-state index in [9.17, 15) is 5.11 Å². The second-order valence-corrected chi connectivity index (χ2v) is 5.69. The van der Waals surface area contributed by atoms with E-state index in [4.69, 9.17) is 5.73 Å². The molecule has 1 aliphatic rings. The van der Waals surface area contributed by atoms with E-state index in [1.54, 1.807) is 0 Å². The van der Waals surface area contributed by atoms with E-state index in [0.717, 1.165) is 12.5 Å². The van der Waals surface area contributed by atoms with Crippen molar-refractivity contribution in [3.8, 4) is 0 Å². The van der Waals surface area contributed by atoms with Gasteiger partial charge in [-0.1, -0.05) is 13.8 Å². The van der Waals surface area contributed by atoms with Crippen LogP contribution in [0.15, 0.2) is 0 Å². The first kappa shape index (κ1) is 12.9. The Morgan fingerprint density at radius 2 is 2.00 bits per heavy atom. The van der Waals surface area contributed by atoms with Crippen LogP contribution in [0.2, 0.25) is 0 Å². The van der Waals surface area contributed by atoms with Gasteiger partial charge in [0.25, 0.3) is 0 Å². The Balaban J connectivity index is 2.59. The molecular formula is C12H26N2O. The smallest absolute Gasteiger partial charge is 0.0867 e. The molecule has 0 spiro atoms. The summed E-state index contributed by atoms with van der Waals surface area (Å²) in [5.41, 5.74) is 4.82. The van der Waals surface area contributed by atoms with Crippen molar-refractivity contribution >= 4 is 0 Å². The summed E-state index contributed by atoms with van der Waals surface area (Å²) in [6.45, 7) is 10.8. The number of piperidine rings is 1. The highest BCUT2D eigenvalue weighted by Crippen LogP contribution is 2.27. The topological polar surface area (TPSA) is 49.5 Å². The Labute approximate surface area is 93.6 Å². The number of β-amino-alcohol motifs (C(OH)–C–C–N with tert-alkyl or cyclic N) is 1. The lowest BCUT2D eigenvalue weighted by atomic mass is 9.85. The van der Waals surface area contributed by atoms with Crippen LogP contribution in [0.4, 0.5) is 0 Å². The molecule has 4 unspecified atom stereocenters. The zero-order valence-corrected chi connectivity index (χ0v) is 10.5. The highest BCUT2D eigenvalue weighted by molar-refractivity contribution is 4.87. The van der Waals surface area contributed by atoms with E-state index < -0.39 is 5.60 Å². The molecule has 1 rings (SSSR count). The summed E-state index contributed by atoms with van der Waals surface area (Å²) in [7, 11) is 0. The Kier molecular flexibility index (Phi) is 4.15. The molecule has 15 heavy (non-hydrogen) atoms. The number of hydrogen-bond donors (Lipinski definition) is 2. The Bertz CT molecular complexity index is 206. The summed E-state index contributed by atoms with van der Waals surface area (Å²) < 4.78 is 0. The maximum absolute atomic E-state index is 10.00. The molecule has 0 saturated carbocycles. The van der Waals surface area contributed by atoms with Crippen molar-refractivity contribution in [2.75, 3.05) is 19.6 Å². The van der Waals surface area contributed by atoms with Gasteiger partial charge in [-0.05, 0) is 32.1 Å². The van der Waals surface area contributed by atoms with Crippen molar-refractivity contribution in [3.05, 3.63) is 0 Å². The molecule has 3 N–H and O–H groups in total. The third-order valence-corrected chi connectivity index (χ3v) is 3.70. The van der Waals surface area contributed by atoms with Gasteiger partial charge < -0.3 is 10.8 Å². The molecule has 4 atom stereocenters. The minimum Gasteiger partial charge on any atom is -0.388 e. The number of rotatable bonds is 3. The first-order valence-electron chi connectivity index (χ1n) is 6.02. The van der Waals surface area contributed by atoms with Crippen LogP contribution in [-0.2, 0) is 0 Å². The number of hydrogen-bond acceptors (Lipinski definition) is 3. The summed E-state index contributed by atoms with van der Waals surface area (Å²) in [6, 6.07) is 0.555. The largest absolute Gasteiger partial charge is 0.388 e. The molecule has 1 aliphatic heterocycles. The molecule has 0 amide bonds. The fourth-order valence-corrected chi connectivity index (χ4v) is 2.54. The van der Waals surface area contributed by atoms with Crippen molar-refractivity contribution in [2.24, 2.45) is 17.6 Å². The van der Waals surface area contributed by atoms with Crippen molar-refractivity contribution in [2.45, 2.75) is 45.8 Å². The second-order valence-electron chi connectivity index (χ2n) is 5.69. The predicted octanol–water partition coefficient (Wildman–Crippen LogP) is 1.06. The van der Waals surface area contributed by atoms with E-state index in [1.807, 2.05) is 6.92 Å². The monoisotopic (exact) mass is 214 g/mol. The standard InChI is InChI=1S/C12H26N2O/c1-9-5-10(2)11(3)14(6-9)8-12(4,15)7-13/h9-11,15H,5-8,13H2,1-4H3. The van der Waals surface area contributed by atoms with Crippen LogP contribution in [-0.4, -0.2) is 41.3 Å². The van der Waals surface area contributed by atoms with E-state index in [2.05, 4.69) is 25.7 Å². The van der Waals surface area contributed by atoms with Gasteiger partial charge >= 0.3 is 0 Å². The molecule has 0 aromatic carbocycles. The first-order chi connectivity index (χ1) is 6.85. The lowest BCUT2D eigenvalue weighted by Gasteiger charge is -2.43. The SMILES string of the molecule is CC1CC(C)C(C)N(CC(C)(O)CN)C1. The van der Waals surface area contributed by atoms with Gasteiger partial charge in [-0.25, -0.2) is 0 Å². The molecule has 1 fully saturated rings. The summed E-state index contributed by atoms with van der Waals surface area (Å²) in [5, 5.41) is 10.00. The van der Waals surface area contributed by atoms with Crippen LogP contribution in [0.5, 0.6) is 0 Å². The molecule has 0 aromatic rings. The molecule has 0 radical (unpaired) electrons. The van der Waals surface area contributed by atoms with Gasteiger partial charge in [0.2, 0.25) is 0 Å². The average molecular weight is 214 g/mol. The first-order valence-corrected chi connectivity index (χ1v) is 6.02. The minimum atomic E-state index is -0.745. The van der Waals surface area contributed by atoms with Gasteiger partial charge in [0.05, 0.1) is 5.60 Å². The summed E-state index contributed by atoms with van der Waals surface area (Å²) in [4.78, 5) is 2.38. The van der Waals surface area contributed by atoms with E-state index in [-0.39, 0.29) is 0 Å². The maximum Gasteiger partial charge on any atom is 0.0867 e. The van der Waals surface area contributed by atoms with Gasteiger partial charge in [-0.3, -0.25) is 4.90 Å². The van der Waals surface area contributed by atoms with Crippen molar-refractivity contribution in [3.63, 3.8) is 0 Å². The number of likely N-dealkylation sites (tertiary alicyclic amines) is 1. The van der Waals surface area contributed by atoms with E-state index in [0.29, 0.717) is 25.0 Å². The highest BCUT2D eigenvalue weighted by atomic mass is 16.3. The fraction of sp³-hybridized carbons (Fsp3) is 1.00. The van der Waals surface area contributed by atoms with Gasteiger partial charge in [0, 0.05) is 25.7 Å². The van der Waals surface area contributed by atoms with E-state index >= 15 is 0 Å². The van der Waals surface area contributed by atoms with Crippen LogP contribution >= 0.6 is 0 Å². The summed E-state index contributed by atoms with van der Waals surface area (Å²) in [6.07, 6.45) is 1.29. The number of aliphatic hydroxyl groups is 1. The van der Waals surface area contributed by atoms with Crippen LogP contribution in [0.1, 0.15) is 34.1 Å². The average Bonchev–Trinajstić information content (AvgIpc) is 2.13. The normalized spacial score (nSPS) is 37.6. The van der Waals surface area contributed by atoms with Gasteiger partial charge in [0.1, 0.15) is 0 Å². The lowest BCUT2D eigenvalue weighted by molar-refractivity contribution is -0.0159. The number of nitrogens with two attached hydrogens (primary N) is 1. The second kappa shape index (κ2) is 4.81. The zero-order valence-electron chi connectivity index (χ0n) is 10.5. The molecule has 1 saturated heterocycles. The molecule has 90 valence electrons. The molecular weight excluding hydrogens is 188 g/mol. The van der Waals surface area contributed by atoms with Gasteiger partial charge in [-0.15, -0.1) is 0 Å².